The van der Waals surface area contributed by atoms with E-state index in [-0.39, 0.29) is 54.4 Å². The van der Waals surface area contributed by atoms with E-state index in [1.807, 2.05) is 50.1 Å². The Labute approximate surface area is 300 Å². The van der Waals surface area contributed by atoms with Crippen molar-refractivity contribution in [1.29, 1.82) is 0 Å². The highest BCUT2D eigenvalue weighted by atomic mass is 35.5. The summed E-state index contributed by atoms with van der Waals surface area (Å²) in [6, 6.07) is 8.08. The van der Waals surface area contributed by atoms with Gasteiger partial charge < -0.3 is 19.0 Å². The average Bonchev–Trinajstić information content (AvgIpc) is 3.71. The molecule has 0 saturated carbocycles. The fourth-order valence-electron chi connectivity index (χ4n) is 6.88. The Morgan fingerprint density at radius 1 is 1.04 bits per heavy atom. The second-order valence-electron chi connectivity index (χ2n) is 16.2. The van der Waals surface area contributed by atoms with Gasteiger partial charge in [0.2, 0.25) is 11.8 Å². The maximum absolute atomic E-state index is 13.7. The first-order valence-electron chi connectivity index (χ1n) is 17.4. The molecule has 264 valence electrons. The van der Waals surface area contributed by atoms with E-state index in [0.717, 1.165) is 57.7 Å². The summed E-state index contributed by atoms with van der Waals surface area (Å²) >= 11 is 8.38. The quantitative estimate of drug-likeness (QED) is 0.179. The molecule has 1 aromatic carbocycles. The maximum Gasteiger partial charge on any atom is 0.410 e. The molecule has 0 radical (unpaired) electrons. The molecule has 3 aliphatic rings. The molecule has 0 N–H and O–H groups in total. The lowest BCUT2D eigenvalue weighted by Crippen LogP contribution is -2.47. The molecule has 0 bridgehead atoms. The minimum Gasteiger partial charge on any atom is -0.444 e. The zero-order valence-electron chi connectivity index (χ0n) is 30.0. The minimum atomic E-state index is -2.06. The second-order valence-corrected chi connectivity index (χ2v) is 22.5. The number of benzene rings is 1. The summed E-state index contributed by atoms with van der Waals surface area (Å²) in [4.78, 5) is 49.8. The molecule has 3 amide bonds. The number of aromatic nitrogens is 1. The van der Waals surface area contributed by atoms with Crippen molar-refractivity contribution >= 4 is 65.1 Å². The van der Waals surface area contributed by atoms with E-state index in [4.69, 9.17) is 20.8 Å². The molecular formula is C37H49ClN4O5SSi. The molecule has 0 spiro atoms. The third kappa shape index (κ3) is 7.41. The molecule has 9 nitrogen and oxygen atoms in total. The molecule has 0 aliphatic carbocycles. The summed E-state index contributed by atoms with van der Waals surface area (Å²) in [7, 11) is -2.06. The van der Waals surface area contributed by atoms with Crippen LogP contribution in [0.5, 0.6) is 0 Å². The number of nitrogens with zero attached hydrogens (tertiary/aromatic N) is 4. The number of hydrogen-bond acceptors (Lipinski definition) is 8. The number of amides is 3. The van der Waals surface area contributed by atoms with Crippen LogP contribution in [0.3, 0.4) is 0 Å². The van der Waals surface area contributed by atoms with E-state index in [0.29, 0.717) is 18.2 Å². The number of hydrogen-bond donors (Lipinski definition) is 0. The Balaban J connectivity index is 1.36. The van der Waals surface area contributed by atoms with Crippen molar-refractivity contribution in [3.63, 3.8) is 0 Å². The minimum absolute atomic E-state index is 0.0544. The van der Waals surface area contributed by atoms with Gasteiger partial charge in [-0.25, -0.2) is 4.79 Å². The van der Waals surface area contributed by atoms with Gasteiger partial charge in [-0.05, 0) is 88.0 Å². The van der Waals surface area contributed by atoms with Crippen LogP contribution in [0.25, 0.3) is 21.3 Å². The molecular weight excluding hydrogens is 676 g/mol. The Morgan fingerprint density at radius 2 is 1.76 bits per heavy atom. The van der Waals surface area contributed by atoms with Crippen molar-refractivity contribution in [2.45, 2.75) is 116 Å². The number of halogens is 1. The first-order valence-corrected chi connectivity index (χ1v) is 21.5. The van der Waals surface area contributed by atoms with Crippen molar-refractivity contribution < 1.29 is 23.5 Å². The molecule has 3 aromatic rings. The number of carbonyl (C=O) groups is 3. The zero-order chi connectivity index (χ0) is 35.5. The van der Waals surface area contributed by atoms with Crippen LogP contribution < -0.4 is 4.90 Å². The molecule has 2 atom stereocenters. The standard InChI is InChI=1S/C37H49ClN4O5SSi/c1-36(2,3)47-35(45)41-20-25(18-26(41)22-46-49(7,8)37(4,5)6)40-15-9-10-23-16-24(38)17-29(33(23)40)28-13-14-39-30-19-27(48-34(28)30)21-42-31(43)11-12-32(42)44/h13-14,16-17,19,25-26H,9-12,15,18,20-22H2,1-8H3/t25-,26+/m1/s1. The smallest absolute Gasteiger partial charge is 0.410 e. The topological polar surface area (TPSA) is 92.3 Å². The fraction of sp³-hybridized carbons (Fsp3) is 0.568. The third-order valence-corrected chi connectivity index (χ3v) is 16.3. The number of fused-ring (bicyclic) bond motifs is 2. The zero-order valence-corrected chi connectivity index (χ0v) is 32.6. The van der Waals surface area contributed by atoms with Crippen molar-refractivity contribution in [3.8, 4) is 11.1 Å². The van der Waals surface area contributed by atoms with E-state index in [2.05, 4.69) is 49.8 Å². The number of ether oxygens (including phenoxy) is 1. The average molecular weight is 725 g/mol. The molecule has 0 unspecified atom stereocenters. The number of carbonyl (C=O) groups excluding carboxylic acids is 3. The number of pyridine rings is 1. The highest BCUT2D eigenvalue weighted by Crippen LogP contribution is 2.46. The summed E-state index contributed by atoms with van der Waals surface area (Å²) < 4.78 is 13.6. The lowest BCUT2D eigenvalue weighted by Gasteiger charge is -2.38. The fourth-order valence-corrected chi connectivity index (χ4v) is 9.29. The number of likely N-dealkylation sites (tertiary alicyclic amines) is 2. The number of thiophene rings is 1. The van der Waals surface area contributed by atoms with Crippen molar-refractivity contribution in [3.05, 3.63) is 45.9 Å². The SMILES string of the molecule is CC(C)(C)OC(=O)N1C[C@H](N2CCCc3cc(Cl)cc(-c4ccnc5cc(CN6C(=O)CCC6=O)sc45)c32)C[C@H]1CO[Si](C)(C)C(C)(C)C. The summed E-state index contributed by atoms with van der Waals surface area (Å²) in [6.07, 6.45) is 4.71. The monoisotopic (exact) mass is 724 g/mol. The van der Waals surface area contributed by atoms with Gasteiger partial charge in [-0.2, -0.15) is 0 Å². The van der Waals surface area contributed by atoms with E-state index in [1.165, 1.54) is 10.5 Å². The number of aryl methyl sites for hydroxylation is 1. The first-order chi connectivity index (χ1) is 22.9. The van der Waals surface area contributed by atoms with Crippen LogP contribution in [0.15, 0.2) is 30.5 Å². The van der Waals surface area contributed by atoms with Crippen LogP contribution in [0.2, 0.25) is 23.2 Å². The Kier molecular flexibility index (Phi) is 9.71. The second kappa shape index (κ2) is 13.3. The predicted octanol–water partition coefficient (Wildman–Crippen LogP) is 8.42. The lowest BCUT2D eigenvalue weighted by molar-refractivity contribution is -0.139. The number of anilines is 1. The molecule has 5 heterocycles. The Bertz CT molecular complexity index is 1760. The van der Waals surface area contributed by atoms with Crippen LogP contribution in [-0.4, -0.2) is 78.4 Å². The molecule has 2 fully saturated rings. The van der Waals surface area contributed by atoms with Crippen LogP contribution >= 0.6 is 22.9 Å². The van der Waals surface area contributed by atoms with Crippen molar-refractivity contribution in [1.82, 2.24) is 14.8 Å². The maximum atomic E-state index is 13.7. The van der Waals surface area contributed by atoms with Crippen LogP contribution in [0.4, 0.5) is 10.5 Å². The molecule has 2 aromatic heterocycles. The molecule has 6 rings (SSSR count). The van der Waals surface area contributed by atoms with E-state index in [9.17, 15) is 14.4 Å². The lowest BCUT2D eigenvalue weighted by atomic mass is 9.92. The molecule has 2 saturated heterocycles. The number of rotatable bonds is 7. The largest absolute Gasteiger partial charge is 0.444 e. The predicted molar refractivity (Wildman–Crippen MR) is 199 cm³/mol. The molecule has 49 heavy (non-hydrogen) atoms. The van der Waals surface area contributed by atoms with Crippen LogP contribution in [0, 0.1) is 0 Å². The Morgan fingerprint density at radius 3 is 2.43 bits per heavy atom. The summed E-state index contributed by atoms with van der Waals surface area (Å²) in [6.45, 7) is 19.1. The van der Waals surface area contributed by atoms with Crippen molar-refractivity contribution in [2.24, 2.45) is 0 Å². The summed E-state index contributed by atoms with van der Waals surface area (Å²) in [5.41, 5.74) is 4.60. The summed E-state index contributed by atoms with van der Waals surface area (Å²) in [5, 5.41) is 0.728. The van der Waals surface area contributed by atoms with Gasteiger partial charge in [-0.3, -0.25) is 19.5 Å². The third-order valence-electron chi connectivity index (χ3n) is 10.4. The summed E-state index contributed by atoms with van der Waals surface area (Å²) in [5.74, 6) is -0.250. The Hall–Kier alpha value is -2.99. The normalized spacial score (nSPS) is 20.5. The highest BCUT2D eigenvalue weighted by Gasteiger charge is 2.44. The first kappa shape index (κ1) is 35.8. The van der Waals surface area contributed by atoms with E-state index >= 15 is 0 Å². The van der Waals surface area contributed by atoms with Crippen molar-refractivity contribution in [2.75, 3.05) is 24.6 Å². The van der Waals surface area contributed by atoms with Gasteiger partial charge in [0.25, 0.3) is 0 Å². The van der Waals surface area contributed by atoms with Crippen LogP contribution in [0.1, 0.15) is 77.7 Å². The van der Waals surface area contributed by atoms with E-state index in [1.54, 1.807) is 11.3 Å². The van der Waals surface area contributed by atoms with Gasteiger partial charge in [-0.1, -0.05) is 32.4 Å². The molecule has 12 heteroatoms. The number of imide groups is 1. The van der Waals surface area contributed by atoms with Gasteiger partial charge in [-0.15, -0.1) is 11.3 Å². The highest BCUT2D eigenvalue weighted by molar-refractivity contribution is 7.19. The van der Waals surface area contributed by atoms with E-state index < -0.39 is 13.9 Å². The van der Waals surface area contributed by atoms with Gasteiger partial charge >= 0.3 is 6.09 Å². The van der Waals surface area contributed by atoms with Gasteiger partial charge in [0, 0.05) is 64.9 Å². The molecule has 3 aliphatic heterocycles. The van der Waals surface area contributed by atoms with Gasteiger partial charge in [0.1, 0.15) is 5.60 Å². The van der Waals surface area contributed by atoms with Crippen LogP contribution in [-0.2, 0) is 31.7 Å². The van der Waals surface area contributed by atoms with Gasteiger partial charge in [0.15, 0.2) is 8.32 Å². The van der Waals surface area contributed by atoms with Gasteiger partial charge in [0.05, 0.1) is 29.4 Å².